The number of hydrogen-bond acceptors (Lipinski definition) is 2. The molecule has 102 valence electrons. The number of nitrogens with zero attached hydrogens (tertiary/aromatic N) is 1. The predicted octanol–water partition coefficient (Wildman–Crippen LogP) is 3.49. The van der Waals surface area contributed by atoms with Crippen molar-refractivity contribution in [2.75, 3.05) is 4.90 Å². The molecule has 0 N–H and O–H groups in total. The fourth-order valence-corrected chi connectivity index (χ4v) is 2.47. The molecule has 0 atom stereocenters. The molecular formula is C16H21NO2. The lowest BCUT2D eigenvalue weighted by molar-refractivity contribution is -0.132. The predicted molar refractivity (Wildman–Crippen MR) is 76.0 cm³/mol. The second-order valence-electron chi connectivity index (χ2n) is 6.39. The summed E-state index contributed by atoms with van der Waals surface area (Å²) in [5.41, 5.74) is 1.68. The molecule has 1 aromatic rings. The van der Waals surface area contributed by atoms with Crippen LogP contribution in [0.5, 0.6) is 0 Å². The smallest absolute Gasteiger partial charge is 0.234 e. The van der Waals surface area contributed by atoms with Crippen LogP contribution in [0.1, 0.15) is 52.0 Å². The van der Waals surface area contributed by atoms with E-state index in [0.717, 1.165) is 0 Å². The van der Waals surface area contributed by atoms with Gasteiger partial charge in [0.1, 0.15) is 0 Å². The van der Waals surface area contributed by atoms with E-state index in [1.165, 1.54) is 10.5 Å². The van der Waals surface area contributed by atoms with Crippen LogP contribution in [-0.2, 0) is 9.59 Å². The van der Waals surface area contributed by atoms with Crippen molar-refractivity contribution < 1.29 is 9.59 Å². The molecule has 1 aliphatic heterocycles. The maximum atomic E-state index is 12.1. The van der Waals surface area contributed by atoms with Gasteiger partial charge in [0.2, 0.25) is 11.8 Å². The quantitative estimate of drug-likeness (QED) is 0.762. The first-order valence-corrected chi connectivity index (χ1v) is 6.76. The molecule has 1 heterocycles. The number of piperidine rings is 1. The lowest BCUT2D eigenvalue weighted by Gasteiger charge is -2.34. The van der Waals surface area contributed by atoms with Crippen LogP contribution in [0.4, 0.5) is 5.69 Å². The number of anilines is 1. The van der Waals surface area contributed by atoms with Gasteiger partial charge in [-0.05, 0) is 29.0 Å². The molecule has 0 bridgehead atoms. The van der Waals surface area contributed by atoms with Crippen LogP contribution < -0.4 is 4.90 Å². The highest BCUT2D eigenvalue weighted by Crippen LogP contribution is 2.34. The van der Waals surface area contributed by atoms with Crippen molar-refractivity contribution in [3.63, 3.8) is 0 Å². The number of amides is 2. The molecule has 0 spiro atoms. The zero-order chi connectivity index (χ0) is 14.2. The fourth-order valence-electron chi connectivity index (χ4n) is 2.47. The number of carbonyl (C=O) groups is 2. The third-order valence-corrected chi connectivity index (χ3v) is 3.58. The van der Waals surface area contributed by atoms with Gasteiger partial charge in [-0.1, -0.05) is 39.8 Å². The van der Waals surface area contributed by atoms with Gasteiger partial charge < -0.3 is 0 Å². The van der Waals surface area contributed by atoms with E-state index in [1.807, 2.05) is 38.1 Å². The highest BCUT2D eigenvalue weighted by Gasteiger charge is 2.38. The lowest BCUT2D eigenvalue weighted by Crippen LogP contribution is -2.46. The summed E-state index contributed by atoms with van der Waals surface area (Å²) in [7, 11) is 0. The summed E-state index contributed by atoms with van der Waals surface area (Å²) in [6, 6.07) is 7.70. The lowest BCUT2D eigenvalue weighted by atomic mass is 9.81. The minimum Gasteiger partial charge on any atom is -0.274 e. The van der Waals surface area contributed by atoms with Crippen molar-refractivity contribution in [3.05, 3.63) is 29.8 Å². The van der Waals surface area contributed by atoms with Crippen molar-refractivity contribution in [2.45, 2.75) is 46.5 Å². The van der Waals surface area contributed by atoms with Crippen LogP contribution in [0.25, 0.3) is 0 Å². The molecule has 1 aromatic carbocycles. The largest absolute Gasteiger partial charge is 0.274 e. The molecule has 1 saturated heterocycles. The Hall–Kier alpha value is -1.64. The zero-order valence-corrected chi connectivity index (χ0v) is 12.1. The molecule has 3 heteroatoms. The molecule has 1 fully saturated rings. The second kappa shape index (κ2) is 4.80. The molecule has 2 rings (SSSR count). The van der Waals surface area contributed by atoms with Crippen LogP contribution in [0.3, 0.4) is 0 Å². The van der Waals surface area contributed by atoms with Crippen molar-refractivity contribution in [1.82, 2.24) is 0 Å². The molecule has 19 heavy (non-hydrogen) atoms. The van der Waals surface area contributed by atoms with Crippen LogP contribution in [0, 0.1) is 5.41 Å². The number of imide groups is 1. The van der Waals surface area contributed by atoms with E-state index >= 15 is 0 Å². The van der Waals surface area contributed by atoms with E-state index in [9.17, 15) is 9.59 Å². The van der Waals surface area contributed by atoms with Gasteiger partial charge in [-0.15, -0.1) is 0 Å². The summed E-state index contributed by atoms with van der Waals surface area (Å²) >= 11 is 0. The minimum absolute atomic E-state index is 0.0986. The Morgan fingerprint density at radius 2 is 1.47 bits per heavy atom. The standard InChI is InChI=1S/C16H21NO2/c1-11(2)12-5-7-13(8-6-12)17-14(18)9-16(3,4)10-15(17)19/h5-8,11H,9-10H2,1-4H3. The van der Waals surface area contributed by atoms with Gasteiger partial charge in [0.05, 0.1) is 5.69 Å². The molecule has 1 aliphatic rings. The normalized spacial score (nSPS) is 19.1. The molecule has 3 nitrogen and oxygen atoms in total. The summed E-state index contributed by atoms with van der Waals surface area (Å²) in [6.07, 6.45) is 0.843. The molecule has 0 radical (unpaired) electrons. The average molecular weight is 259 g/mol. The first-order chi connectivity index (χ1) is 8.80. The van der Waals surface area contributed by atoms with Gasteiger partial charge in [0.15, 0.2) is 0 Å². The highest BCUT2D eigenvalue weighted by molar-refractivity contribution is 6.16. The third kappa shape index (κ3) is 2.86. The third-order valence-electron chi connectivity index (χ3n) is 3.58. The van der Waals surface area contributed by atoms with Crippen LogP contribution in [-0.4, -0.2) is 11.8 Å². The van der Waals surface area contributed by atoms with Gasteiger partial charge in [-0.3, -0.25) is 14.5 Å². The second-order valence-corrected chi connectivity index (χ2v) is 6.39. The van der Waals surface area contributed by atoms with Crippen molar-refractivity contribution >= 4 is 17.5 Å². The highest BCUT2D eigenvalue weighted by atomic mass is 16.2. The average Bonchev–Trinajstić information content (AvgIpc) is 2.26. The number of hydrogen-bond donors (Lipinski definition) is 0. The van der Waals surface area contributed by atoms with Crippen molar-refractivity contribution in [2.24, 2.45) is 5.41 Å². The van der Waals surface area contributed by atoms with Crippen LogP contribution in [0.2, 0.25) is 0 Å². The number of carbonyl (C=O) groups excluding carboxylic acids is 2. The summed E-state index contributed by atoms with van der Waals surface area (Å²) in [5, 5.41) is 0. The first kappa shape index (κ1) is 13.8. The summed E-state index contributed by atoms with van der Waals surface area (Å²) < 4.78 is 0. The Kier molecular flexibility index (Phi) is 3.48. The summed E-state index contributed by atoms with van der Waals surface area (Å²) in [4.78, 5) is 25.6. The first-order valence-electron chi connectivity index (χ1n) is 6.76. The van der Waals surface area contributed by atoms with E-state index in [1.54, 1.807) is 0 Å². The van der Waals surface area contributed by atoms with Gasteiger partial charge in [0.25, 0.3) is 0 Å². The Balaban J connectivity index is 2.26. The Labute approximate surface area is 114 Å². The molecule has 0 aromatic heterocycles. The molecule has 2 amide bonds. The maximum Gasteiger partial charge on any atom is 0.234 e. The molecule has 0 saturated carbocycles. The van der Waals surface area contributed by atoms with Gasteiger partial charge in [0, 0.05) is 12.8 Å². The van der Waals surface area contributed by atoms with Gasteiger partial charge >= 0.3 is 0 Å². The number of benzene rings is 1. The Morgan fingerprint density at radius 3 is 1.89 bits per heavy atom. The van der Waals surface area contributed by atoms with Crippen molar-refractivity contribution in [1.29, 1.82) is 0 Å². The number of rotatable bonds is 2. The van der Waals surface area contributed by atoms with Crippen LogP contribution in [0.15, 0.2) is 24.3 Å². The monoisotopic (exact) mass is 259 g/mol. The molecule has 0 unspecified atom stereocenters. The fraction of sp³-hybridized carbons (Fsp3) is 0.500. The van der Waals surface area contributed by atoms with E-state index in [-0.39, 0.29) is 17.2 Å². The topological polar surface area (TPSA) is 37.4 Å². The minimum atomic E-state index is -0.220. The van der Waals surface area contributed by atoms with Crippen molar-refractivity contribution in [3.8, 4) is 0 Å². The maximum absolute atomic E-state index is 12.1. The Morgan fingerprint density at radius 1 is 1.00 bits per heavy atom. The van der Waals surface area contributed by atoms with E-state index in [0.29, 0.717) is 24.4 Å². The zero-order valence-electron chi connectivity index (χ0n) is 12.1. The molecule has 0 aliphatic carbocycles. The summed E-state index contributed by atoms with van der Waals surface area (Å²) in [6.45, 7) is 8.16. The van der Waals surface area contributed by atoms with E-state index in [4.69, 9.17) is 0 Å². The van der Waals surface area contributed by atoms with E-state index in [2.05, 4.69) is 13.8 Å². The van der Waals surface area contributed by atoms with Gasteiger partial charge in [-0.25, -0.2) is 0 Å². The van der Waals surface area contributed by atoms with Gasteiger partial charge in [-0.2, -0.15) is 0 Å². The molecular weight excluding hydrogens is 238 g/mol. The summed E-state index contributed by atoms with van der Waals surface area (Å²) in [5.74, 6) is 0.248. The Bertz CT molecular complexity index is 480. The van der Waals surface area contributed by atoms with Crippen LogP contribution >= 0.6 is 0 Å². The SMILES string of the molecule is CC(C)c1ccc(N2C(=O)CC(C)(C)CC2=O)cc1. The van der Waals surface area contributed by atoms with E-state index < -0.39 is 0 Å².